The molecule has 2 fully saturated rings. The number of nitro groups is 1. The zero-order valence-corrected chi connectivity index (χ0v) is 14.4. The Bertz CT molecular complexity index is 635. The van der Waals surface area contributed by atoms with Crippen LogP contribution in [-0.2, 0) is 0 Å². The van der Waals surface area contributed by atoms with E-state index >= 15 is 0 Å². The van der Waals surface area contributed by atoms with Crippen molar-refractivity contribution in [2.45, 2.75) is 32.1 Å². The fraction of sp³-hybridized carbons (Fsp3) is 0.611. The second-order valence-electron chi connectivity index (χ2n) is 6.92. The molecule has 0 saturated carbocycles. The van der Waals surface area contributed by atoms with Gasteiger partial charge in [0, 0.05) is 44.9 Å². The van der Waals surface area contributed by atoms with Crippen LogP contribution < -0.4 is 4.90 Å². The zero-order valence-electron chi connectivity index (χ0n) is 14.4. The quantitative estimate of drug-likeness (QED) is 0.668. The number of hydrogen-bond donors (Lipinski definition) is 1. The molecule has 1 aromatic rings. The van der Waals surface area contributed by atoms with Crippen molar-refractivity contribution < 1.29 is 14.8 Å². The number of nitrogens with zero attached hydrogens (tertiary/aromatic N) is 3. The number of anilines is 1. The summed E-state index contributed by atoms with van der Waals surface area (Å²) in [6.45, 7) is 3.09. The van der Waals surface area contributed by atoms with Crippen molar-refractivity contribution in [3.05, 3.63) is 33.9 Å². The van der Waals surface area contributed by atoms with Gasteiger partial charge in [-0.2, -0.15) is 0 Å². The van der Waals surface area contributed by atoms with Gasteiger partial charge in [-0.15, -0.1) is 0 Å². The summed E-state index contributed by atoms with van der Waals surface area (Å²) < 4.78 is 0. The number of hydrogen-bond acceptors (Lipinski definition) is 5. The lowest BCUT2D eigenvalue weighted by Crippen LogP contribution is -2.40. The van der Waals surface area contributed by atoms with E-state index in [1.165, 1.54) is 18.6 Å². The number of aliphatic hydroxyl groups is 1. The van der Waals surface area contributed by atoms with Crippen molar-refractivity contribution in [1.29, 1.82) is 0 Å². The number of rotatable bonds is 4. The molecule has 7 heteroatoms. The predicted octanol–water partition coefficient (Wildman–Crippen LogP) is 2.43. The van der Waals surface area contributed by atoms with Crippen molar-refractivity contribution in [3.8, 4) is 0 Å². The molecule has 0 aliphatic carbocycles. The summed E-state index contributed by atoms with van der Waals surface area (Å²) >= 11 is 0. The lowest BCUT2D eigenvalue weighted by molar-refractivity contribution is -0.384. The summed E-state index contributed by atoms with van der Waals surface area (Å²) in [7, 11) is 0. The van der Waals surface area contributed by atoms with E-state index in [1.807, 2.05) is 0 Å². The highest BCUT2D eigenvalue weighted by Crippen LogP contribution is 2.30. The molecular weight excluding hydrogens is 322 g/mol. The molecule has 136 valence electrons. The van der Waals surface area contributed by atoms with E-state index in [1.54, 1.807) is 11.0 Å². The molecule has 2 saturated heterocycles. The molecule has 2 aliphatic heterocycles. The fourth-order valence-electron chi connectivity index (χ4n) is 3.71. The number of likely N-dealkylation sites (tertiary alicyclic amines) is 1. The number of benzene rings is 1. The summed E-state index contributed by atoms with van der Waals surface area (Å²) in [4.78, 5) is 27.7. The fourth-order valence-corrected chi connectivity index (χ4v) is 3.71. The molecule has 1 amide bonds. The highest BCUT2D eigenvalue weighted by molar-refractivity contribution is 6.00. The van der Waals surface area contributed by atoms with Crippen LogP contribution in [0.25, 0.3) is 0 Å². The number of piperidine rings is 2. The van der Waals surface area contributed by atoms with Gasteiger partial charge >= 0.3 is 0 Å². The van der Waals surface area contributed by atoms with E-state index in [-0.39, 0.29) is 24.1 Å². The van der Waals surface area contributed by atoms with Gasteiger partial charge in [0.25, 0.3) is 11.6 Å². The molecule has 1 N–H and O–H groups in total. The van der Waals surface area contributed by atoms with E-state index in [4.69, 9.17) is 0 Å². The molecule has 2 heterocycles. The predicted molar refractivity (Wildman–Crippen MR) is 94.9 cm³/mol. The highest BCUT2D eigenvalue weighted by atomic mass is 16.6. The number of carbonyl (C=O) groups excluding carboxylic acids is 1. The maximum Gasteiger partial charge on any atom is 0.270 e. The normalized spacial score (nSPS) is 19.1. The molecular formula is C18H25N3O4. The molecule has 3 rings (SSSR count). The molecule has 0 bridgehead atoms. The minimum atomic E-state index is -0.450. The third-order valence-electron chi connectivity index (χ3n) is 5.28. The van der Waals surface area contributed by atoms with E-state index in [2.05, 4.69) is 4.90 Å². The first-order chi connectivity index (χ1) is 12.1. The van der Waals surface area contributed by atoms with Crippen LogP contribution in [0.2, 0.25) is 0 Å². The first kappa shape index (κ1) is 17.7. The van der Waals surface area contributed by atoms with Gasteiger partial charge in [0.2, 0.25) is 0 Å². The van der Waals surface area contributed by atoms with Crippen LogP contribution in [-0.4, -0.2) is 53.6 Å². The lowest BCUT2D eigenvalue weighted by atomic mass is 9.97. The minimum absolute atomic E-state index is 0.0469. The Kier molecular flexibility index (Phi) is 5.53. The SMILES string of the molecule is O=C(c1cc([N+](=O)[O-])ccc1N1CCCCC1)N1CCC(CO)CC1. The second kappa shape index (κ2) is 7.82. The number of amides is 1. The van der Waals surface area contributed by atoms with E-state index in [0.29, 0.717) is 18.7 Å². The van der Waals surface area contributed by atoms with Crippen molar-refractivity contribution in [2.24, 2.45) is 5.92 Å². The zero-order chi connectivity index (χ0) is 17.8. The summed E-state index contributed by atoms with van der Waals surface area (Å²) in [5.41, 5.74) is 1.19. The Morgan fingerprint density at radius 1 is 1.16 bits per heavy atom. The van der Waals surface area contributed by atoms with Gasteiger partial charge in [0.1, 0.15) is 0 Å². The molecule has 25 heavy (non-hydrogen) atoms. The average molecular weight is 347 g/mol. The van der Waals surface area contributed by atoms with Crippen LogP contribution in [0.3, 0.4) is 0 Å². The Labute approximate surface area is 147 Å². The van der Waals surface area contributed by atoms with Crippen molar-refractivity contribution in [3.63, 3.8) is 0 Å². The van der Waals surface area contributed by atoms with Crippen LogP contribution in [0, 0.1) is 16.0 Å². The largest absolute Gasteiger partial charge is 0.396 e. The third kappa shape index (κ3) is 3.92. The van der Waals surface area contributed by atoms with E-state index < -0.39 is 4.92 Å². The highest BCUT2D eigenvalue weighted by Gasteiger charge is 2.28. The number of carbonyl (C=O) groups is 1. The topological polar surface area (TPSA) is 86.9 Å². The van der Waals surface area contributed by atoms with Gasteiger partial charge in [0.15, 0.2) is 0 Å². The van der Waals surface area contributed by atoms with Crippen LogP contribution >= 0.6 is 0 Å². The van der Waals surface area contributed by atoms with Crippen LogP contribution in [0.1, 0.15) is 42.5 Å². The Balaban J connectivity index is 1.87. The van der Waals surface area contributed by atoms with Crippen molar-refractivity contribution >= 4 is 17.3 Å². The first-order valence-corrected chi connectivity index (χ1v) is 9.03. The Morgan fingerprint density at radius 3 is 2.44 bits per heavy atom. The summed E-state index contributed by atoms with van der Waals surface area (Å²) in [6, 6.07) is 4.63. The standard InChI is InChI=1S/C18H25N3O4/c22-13-14-6-10-20(11-7-14)18(23)16-12-15(21(24)25)4-5-17(16)19-8-2-1-3-9-19/h4-5,12,14,22H,1-3,6-11,13H2. The maximum absolute atomic E-state index is 13.0. The smallest absolute Gasteiger partial charge is 0.270 e. The second-order valence-corrected chi connectivity index (χ2v) is 6.92. The lowest BCUT2D eigenvalue weighted by Gasteiger charge is -2.34. The molecule has 7 nitrogen and oxygen atoms in total. The molecule has 2 aliphatic rings. The van der Waals surface area contributed by atoms with Crippen molar-refractivity contribution in [1.82, 2.24) is 4.90 Å². The first-order valence-electron chi connectivity index (χ1n) is 9.03. The van der Waals surface area contributed by atoms with Crippen molar-refractivity contribution in [2.75, 3.05) is 37.7 Å². The van der Waals surface area contributed by atoms with Crippen LogP contribution in [0.5, 0.6) is 0 Å². The Morgan fingerprint density at radius 2 is 1.84 bits per heavy atom. The van der Waals surface area contributed by atoms with Gasteiger partial charge < -0.3 is 14.9 Å². The number of aliphatic hydroxyl groups excluding tert-OH is 1. The molecule has 0 spiro atoms. The van der Waals surface area contributed by atoms with Gasteiger partial charge in [-0.3, -0.25) is 14.9 Å². The van der Waals surface area contributed by atoms with Gasteiger partial charge in [-0.25, -0.2) is 0 Å². The maximum atomic E-state index is 13.0. The van der Waals surface area contributed by atoms with E-state index in [9.17, 15) is 20.0 Å². The minimum Gasteiger partial charge on any atom is -0.396 e. The number of non-ortho nitro benzene ring substituents is 1. The van der Waals surface area contributed by atoms with Gasteiger partial charge in [-0.05, 0) is 44.1 Å². The molecule has 0 aromatic heterocycles. The summed E-state index contributed by atoms with van der Waals surface area (Å²) in [5, 5.41) is 20.4. The summed E-state index contributed by atoms with van der Waals surface area (Å²) in [6.07, 6.45) is 4.88. The van der Waals surface area contributed by atoms with Gasteiger partial charge in [0.05, 0.1) is 16.2 Å². The van der Waals surface area contributed by atoms with E-state index in [0.717, 1.165) is 44.5 Å². The summed E-state index contributed by atoms with van der Waals surface area (Å²) in [5.74, 6) is 0.108. The third-order valence-corrected chi connectivity index (χ3v) is 5.28. The monoisotopic (exact) mass is 347 g/mol. The molecule has 1 aromatic carbocycles. The van der Waals surface area contributed by atoms with Crippen LogP contribution in [0.4, 0.5) is 11.4 Å². The average Bonchev–Trinajstić information content (AvgIpc) is 2.67. The number of nitro benzene ring substituents is 1. The molecule has 0 atom stereocenters. The Hall–Kier alpha value is -2.15. The molecule has 0 unspecified atom stereocenters. The van der Waals surface area contributed by atoms with Crippen LogP contribution in [0.15, 0.2) is 18.2 Å². The van der Waals surface area contributed by atoms with Gasteiger partial charge in [-0.1, -0.05) is 0 Å². The molecule has 0 radical (unpaired) electrons.